The zero-order chi connectivity index (χ0) is 14.7. The topological polar surface area (TPSA) is 86.1 Å². The van der Waals surface area contributed by atoms with Crippen LogP contribution in [-0.2, 0) is 6.54 Å². The second kappa shape index (κ2) is 5.64. The van der Waals surface area contributed by atoms with E-state index in [0.29, 0.717) is 12.3 Å². The van der Waals surface area contributed by atoms with Crippen LogP contribution in [0.1, 0.15) is 16.3 Å². The molecule has 2 heterocycles. The molecule has 0 aliphatic rings. The van der Waals surface area contributed by atoms with Gasteiger partial charge in [-0.2, -0.15) is 0 Å². The highest BCUT2D eigenvalue weighted by molar-refractivity contribution is 5.90. The Kier molecular flexibility index (Phi) is 3.53. The van der Waals surface area contributed by atoms with Gasteiger partial charge in [-0.3, -0.25) is 10.2 Å². The summed E-state index contributed by atoms with van der Waals surface area (Å²) < 4.78 is 7.42. The van der Waals surface area contributed by atoms with E-state index in [-0.39, 0.29) is 5.76 Å². The van der Waals surface area contributed by atoms with E-state index >= 15 is 0 Å². The summed E-state index contributed by atoms with van der Waals surface area (Å²) in [6, 6.07) is 13.2. The summed E-state index contributed by atoms with van der Waals surface area (Å²) in [4.78, 5) is 15.7. The Balaban J connectivity index is 1.85. The van der Waals surface area contributed by atoms with Crippen LogP contribution >= 0.6 is 0 Å². The van der Waals surface area contributed by atoms with Crippen LogP contribution in [0.25, 0.3) is 11.4 Å². The Morgan fingerprint density at radius 3 is 2.81 bits per heavy atom. The van der Waals surface area contributed by atoms with E-state index in [1.54, 1.807) is 18.3 Å². The Morgan fingerprint density at radius 1 is 1.24 bits per heavy atom. The van der Waals surface area contributed by atoms with E-state index in [4.69, 9.17) is 10.3 Å². The van der Waals surface area contributed by atoms with E-state index in [1.807, 2.05) is 46.5 Å². The Morgan fingerprint density at radius 2 is 2.05 bits per heavy atom. The third-order valence-corrected chi connectivity index (χ3v) is 3.09. The maximum absolute atomic E-state index is 11.4. The van der Waals surface area contributed by atoms with Crippen LogP contribution in [0.2, 0.25) is 0 Å². The molecule has 0 radical (unpaired) electrons. The van der Waals surface area contributed by atoms with Gasteiger partial charge in [0.1, 0.15) is 11.6 Å². The van der Waals surface area contributed by atoms with Crippen molar-refractivity contribution in [3.8, 4) is 11.4 Å². The van der Waals surface area contributed by atoms with Gasteiger partial charge in [0.05, 0.1) is 6.54 Å². The van der Waals surface area contributed by atoms with Gasteiger partial charge in [-0.15, -0.1) is 0 Å². The van der Waals surface area contributed by atoms with Crippen molar-refractivity contribution in [2.75, 3.05) is 0 Å². The number of carbonyl (C=O) groups is 1. The van der Waals surface area contributed by atoms with Crippen LogP contribution in [-0.4, -0.2) is 15.5 Å². The number of benzene rings is 1. The number of nitrogens with one attached hydrogen (secondary N) is 1. The van der Waals surface area contributed by atoms with Crippen LogP contribution in [0.3, 0.4) is 0 Å². The summed E-state index contributed by atoms with van der Waals surface area (Å²) in [7, 11) is 0. The predicted octanol–water partition coefficient (Wildman–Crippen LogP) is 1.79. The average molecular weight is 282 g/mol. The molecule has 0 unspecified atom stereocenters. The second-order valence-corrected chi connectivity index (χ2v) is 4.48. The minimum atomic E-state index is -0.449. The van der Waals surface area contributed by atoms with Crippen LogP contribution in [0.4, 0.5) is 0 Å². The standard InChI is InChI=1S/C15H14N4O2/c16-18-15(20)13-7-6-12(21-13)10-19-9-8-17-14(19)11-4-2-1-3-5-11/h1-9H,10,16H2,(H,18,20). The number of nitrogens with two attached hydrogens (primary N) is 1. The highest BCUT2D eigenvalue weighted by Gasteiger charge is 2.11. The average Bonchev–Trinajstić information content (AvgIpc) is 3.17. The first-order valence-corrected chi connectivity index (χ1v) is 6.44. The molecule has 3 aromatic rings. The first kappa shape index (κ1) is 13.1. The predicted molar refractivity (Wildman–Crippen MR) is 77.1 cm³/mol. The fraction of sp³-hybridized carbons (Fsp3) is 0.0667. The molecule has 1 aromatic carbocycles. The number of hydrazine groups is 1. The van der Waals surface area contributed by atoms with Crippen molar-refractivity contribution in [3.63, 3.8) is 0 Å². The number of imidazole rings is 1. The third-order valence-electron chi connectivity index (χ3n) is 3.09. The smallest absolute Gasteiger partial charge is 0.300 e. The van der Waals surface area contributed by atoms with Gasteiger partial charge in [-0.1, -0.05) is 30.3 Å². The number of nitrogens with zero attached hydrogens (tertiary/aromatic N) is 2. The molecule has 6 heteroatoms. The fourth-order valence-electron chi connectivity index (χ4n) is 2.11. The number of carbonyl (C=O) groups excluding carboxylic acids is 1. The molecule has 0 spiro atoms. The van der Waals surface area contributed by atoms with E-state index in [0.717, 1.165) is 11.4 Å². The summed E-state index contributed by atoms with van der Waals surface area (Å²) in [5, 5.41) is 0. The maximum atomic E-state index is 11.4. The molecule has 2 aromatic heterocycles. The lowest BCUT2D eigenvalue weighted by Crippen LogP contribution is -2.29. The number of nitrogen functional groups attached to an aromatic ring is 1. The molecule has 21 heavy (non-hydrogen) atoms. The minimum absolute atomic E-state index is 0.189. The molecule has 0 atom stereocenters. The van der Waals surface area contributed by atoms with Crippen LogP contribution in [0, 0.1) is 0 Å². The first-order chi connectivity index (χ1) is 10.3. The molecule has 1 amide bonds. The minimum Gasteiger partial charge on any atom is -0.454 e. The van der Waals surface area contributed by atoms with Crippen LogP contribution in [0.5, 0.6) is 0 Å². The molecule has 3 rings (SSSR count). The number of amides is 1. The zero-order valence-electron chi connectivity index (χ0n) is 11.2. The number of rotatable bonds is 4. The lowest BCUT2D eigenvalue weighted by Gasteiger charge is -2.06. The normalized spacial score (nSPS) is 10.5. The summed E-state index contributed by atoms with van der Waals surface area (Å²) in [6.07, 6.45) is 3.60. The number of aromatic nitrogens is 2. The van der Waals surface area contributed by atoms with Gasteiger partial charge in [0.25, 0.3) is 0 Å². The van der Waals surface area contributed by atoms with E-state index in [9.17, 15) is 4.79 Å². The van der Waals surface area contributed by atoms with Gasteiger partial charge in [-0.05, 0) is 12.1 Å². The van der Waals surface area contributed by atoms with Crippen molar-refractivity contribution >= 4 is 5.91 Å². The lowest BCUT2D eigenvalue weighted by atomic mass is 10.2. The third kappa shape index (κ3) is 2.70. The highest BCUT2D eigenvalue weighted by atomic mass is 16.4. The van der Waals surface area contributed by atoms with Crippen molar-refractivity contribution in [2.24, 2.45) is 5.84 Å². The molecule has 0 aliphatic heterocycles. The van der Waals surface area contributed by atoms with Crippen molar-refractivity contribution in [1.82, 2.24) is 15.0 Å². The molecule has 0 saturated carbocycles. The van der Waals surface area contributed by atoms with E-state index in [1.165, 1.54) is 0 Å². The summed E-state index contributed by atoms with van der Waals surface area (Å²) in [5.74, 6) is 6.32. The highest BCUT2D eigenvalue weighted by Crippen LogP contribution is 2.19. The molecule has 3 N–H and O–H groups in total. The number of furan rings is 1. The SMILES string of the molecule is NNC(=O)c1ccc(Cn2ccnc2-c2ccccc2)o1. The maximum Gasteiger partial charge on any atom is 0.300 e. The van der Waals surface area contributed by atoms with Gasteiger partial charge in [-0.25, -0.2) is 10.8 Å². The molecular weight excluding hydrogens is 268 g/mol. The Bertz CT molecular complexity index is 746. The fourth-order valence-corrected chi connectivity index (χ4v) is 2.11. The zero-order valence-corrected chi connectivity index (χ0v) is 11.2. The molecule has 0 saturated heterocycles. The monoisotopic (exact) mass is 282 g/mol. The van der Waals surface area contributed by atoms with Gasteiger partial charge < -0.3 is 8.98 Å². The second-order valence-electron chi connectivity index (χ2n) is 4.48. The van der Waals surface area contributed by atoms with Crippen molar-refractivity contribution in [2.45, 2.75) is 6.54 Å². The molecule has 0 fully saturated rings. The summed E-state index contributed by atoms with van der Waals surface area (Å²) >= 11 is 0. The van der Waals surface area contributed by atoms with Gasteiger partial charge in [0.2, 0.25) is 0 Å². The van der Waals surface area contributed by atoms with Crippen LogP contribution in [0.15, 0.2) is 59.3 Å². The van der Waals surface area contributed by atoms with E-state index < -0.39 is 5.91 Å². The van der Waals surface area contributed by atoms with Crippen molar-refractivity contribution < 1.29 is 9.21 Å². The van der Waals surface area contributed by atoms with Crippen molar-refractivity contribution in [3.05, 3.63) is 66.4 Å². The molecule has 106 valence electrons. The van der Waals surface area contributed by atoms with Gasteiger partial charge in [0.15, 0.2) is 5.76 Å². The lowest BCUT2D eigenvalue weighted by molar-refractivity contribution is 0.0924. The van der Waals surface area contributed by atoms with Crippen LogP contribution < -0.4 is 11.3 Å². The first-order valence-electron chi connectivity index (χ1n) is 6.44. The van der Waals surface area contributed by atoms with Gasteiger partial charge >= 0.3 is 5.91 Å². The molecular formula is C15H14N4O2. The van der Waals surface area contributed by atoms with Gasteiger partial charge in [0, 0.05) is 18.0 Å². The number of hydrogen-bond acceptors (Lipinski definition) is 4. The summed E-state index contributed by atoms with van der Waals surface area (Å²) in [6.45, 7) is 0.488. The molecule has 6 nitrogen and oxygen atoms in total. The van der Waals surface area contributed by atoms with Crippen molar-refractivity contribution in [1.29, 1.82) is 0 Å². The molecule has 0 bridgehead atoms. The molecule has 0 aliphatic carbocycles. The Hall–Kier alpha value is -2.86. The quantitative estimate of drug-likeness (QED) is 0.434. The Labute approximate surface area is 121 Å². The number of hydrogen-bond donors (Lipinski definition) is 2. The largest absolute Gasteiger partial charge is 0.454 e. The van der Waals surface area contributed by atoms with E-state index in [2.05, 4.69) is 4.98 Å². The summed E-state index contributed by atoms with van der Waals surface area (Å²) in [5.41, 5.74) is 3.06.